The molecule has 0 spiro atoms. The molecule has 8 heteroatoms. The van der Waals surface area contributed by atoms with Gasteiger partial charge in [-0.05, 0) is 38.0 Å². The molecule has 2 rings (SSSR count). The summed E-state index contributed by atoms with van der Waals surface area (Å²) in [6.45, 7) is 6.88. The van der Waals surface area contributed by atoms with Crippen LogP contribution in [-0.4, -0.2) is 29.8 Å². The lowest BCUT2D eigenvalue weighted by Crippen LogP contribution is -2.36. The fourth-order valence-corrected chi connectivity index (χ4v) is 2.14. The molecule has 1 heterocycles. The highest BCUT2D eigenvalue weighted by Crippen LogP contribution is 2.12. The number of hydrogen-bond acceptors (Lipinski definition) is 5. The first-order valence-corrected chi connectivity index (χ1v) is 8.17. The Labute approximate surface area is 146 Å². The predicted molar refractivity (Wildman–Crippen MR) is 92.5 cm³/mol. The Morgan fingerprint density at radius 3 is 2.80 bits per heavy atom. The van der Waals surface area contributed by atoms with Crippen LogP contribution in [0.2, 0.25) is 0 Å². The predicted octanol–water partition coefficient (Wildman–Crippen LogP) is 2.48. The van der Waals surface area contributed by atoms with E-state index in [0.29, 0.717) is 42.9 Å². The normalized spacial score (nSPS) is 12.9. The van der Waals surface area contributed by atoms with Crippen molar-refractivity contribution in [3.63, 3.8) is 0 Å². The molecule has 0 aliphatic heterocycles. The van der Waals surface area contributed by atoms with E-state index in [1.165, 1.54) is 6.07 Å². The van der Waals surface area contributed by atoms with Crippen LogP contribution in [-0.2, 0) is 17.8 Å². The smallest absolute Gasteiger partial charge is 0.246 e. The Bertz CT molecular complexity index is 717. The maximum atomic E-state index is 13.6. The van der Waals surface area contributed by atoms with Crippen LogP contribution >= 0.6 is 0 Å². The van der Waals surface area contributed by atoms with E-state index in [0.717, 1.165) is 5.56 Å². The molecule has 0 bridgehead atoms. The number of rotatable bonds is 7. The molecule has 7 nitrogen and oxygen atoms in total. The molecule has 1 unspecified atom stereocenters. The fourth-order valence-electron chi connectivity index (χ4n) is 2.14. The monoisotopic (exact) mass is 349 g/mol. The fraction of sp³-hybridized carbons (Fsp3) is 0.471. The lowest BCUT2D eigenvalue weighted by Gasteiger charge is -2.11. The van der Waals surface area contributed by atoms with Gasteiger partial charge < -0.3 is 19.9 Å². The highest BCUT2D eigenvalue weighted by molar-refractivity contribution is 5.79. The third kappa shape index (κ3) is 5.53. The summed E-state index contributed by atoms with van der Waals surface area (Å²) in [6.07, 6.45) is -0.212. The van der Waals surface area contributed by atoms with Crippen molar-refractivity contribution in [2.75, 3.05) is 13.7 Å². The number of aliphatic imine (C=N–C) groups is 1. The van der Waals surface area contributed by atoms with Gasteiger partial charge in [0.15, 0.2) is 11.8 Å². The third-order valence-corrected chi connectivity index (χ3v) is 3.59. The van der Waals surface area contributed by atoms with E-state index < -0.39 is 0 Å². The molecule has 1 aromatic heterocycles. The topological polar surface area (TPSA) is 84.6 Å². The summed E-state index contributed by atoms with van der Waals surface area (Å²) in [7, 11) is 1.65. The van der Waals surface area contributed by atoms with Gasteiger partial charge in [0.25, 0.3) is 0 Å². The van der Waals surface area contributed by atoms with Crippen molar-refractivity contribution in [1.29, 1.82) is 0 Å². The van der Waals surface area contributed by atoms with Gasteiger partial charge >= 0.3 is 0 Å². The van der Waals surface area contributed by atoms with Crippen LogP contribution in [0.15, 0.2) is 27.7 Å². The summed E-state index contributed by atoms with van der Waals surface area (Å²) >= 11 is 0. The van der Waals surface area contributed by atoms with Crippen LogP contribution in [0.5, 0.6) is 0 Å². The van der Waals surface area contributed by atoms with Gasteiger partial charge in [0.1, 0.15) is 11.9 Å². The Kier molecular flexibility index (Phi) is 6.88. The zero-order chi connectivity index (χ0) is 18.2. The van der Waals surface area contributed by atoms with Gasteiger partial charge in [0.2, 0.25) is 5.89 Å². The van der Waals surface area contributed by atoms with Crippen molar-refractivity contribution in [3.05, 3.63) is 46.9 Å². The molecule has 1 atom stereocenters. The van der Waals surface area contributed by atoms with Gasteiger partial charge in [0, 0.05) is 20.2 Å². The minimum atomic E-state index is -0.218. The maximum absolute atomic E-state index is 13.6. The van der Waals surface area contributed by atoms with Gasteiger partial charge in [0.05, 0.1) is 6.54 Å². The van der Waals surface area contributed by atoms with Crippen molar-refractivity contribution < 1.29 is 13.7 Å². The summed E-state index contributed by atoms with van der Waals surface area (Å²) in [4.78, 5) is 8.39. The minimum absolute atomic E-state index is 0.212. The summed E-state index contributed by atoms with van der Waals surface area (Å²) in [5, 5.41) is 10.1. The molecule has 0 radical (unpaired) electrons. The molecule has 0 amide bonds. The average Bonchev–Trinajstić information content (AvgIpc) is 3.07. The van der Waals surface area contributed by atoms with E-state index in [9.17, 15) is 4.39 Å². The average molecular weight is 349 g/mol. The maximum Gasteiger partial charge on any atom is 0.246 e. The first kappa shape index (κ1) is 18.9. The first-order chi connectivity index (χ1) is 12.0. The quantitative estimate of drug-likeness (QED) is 0.590. The number of halogens is 1. The van der Waals surface area contributed by atoms with Gasteiger partial charge in [-0.25, -0.2) is 4.39 Å². The summed E-state index contributed by atoms with van der Waals surface area (Å²) in [5.74, 6) is 1.28. The number of nitrogens with one attached hydrogen (secondary N) is 2. The van der Waals surface area contributed by atoms with Gasteiger partial charge in [-0.2, -0.15) is 4.98 Å². The Morgan fingerprint density at radius 2 is 2.12 bits per heavy atom. The first-order valence-electron chi connectivity index (χ1n) is 8.17. The molecule has 0 saturated carbocycles. The van der Waals surface area contributed by atoms with Crippen molar-refractivity contribution in [3.8, 4) is 0 Å². The number of hydrogen-bond donors (Lipinski definition) is 2. The number of aromatic nitrogens is 2. The number of aryl methyl sites for hydroxylation is 1. The molecule has 136 valence electrons. The molecule has 0 saturated heterocycles. The van der Waals surface area contributed by atoms with Crippen LogP contribution in [0, 0.1) is 12.7 Å². The second kappa shape index (κ2) is 9.12. The highest BCUT2D eigenvalue weighted by Gasteiger charge is 2.13. The summed E-state index contributed by atoms with van der Waals surface area (Å²) in [5.41, 5.74) is 1.46. The van der Waals surface area contributed by atoms with Crippen molar-refractivity contribution >= 4 is 5.96 Å². The summed E-state index contributed by atoms with van der Waals surface area (Å²) in [6, 6.07) is 5.13. The van der Waals surface area contributed by atoms with Crippen molar-refractivity contribution in [1.82, 2.24) is 20.8 Å². The van der Waals surface area contributed by atoms with Crippen molar-refractivity contribution in [2.45, 2.75) is 40.0 Å². The van der Waals surface area contributed by atoms with E-state index >= 15 is 0 Å². The molecule has 2 aromatic rings. The SMILES string of the molecule is CCOC(C)c1noc(CNC(=NC)NCc2ccc(C)c(F)c2)n1. The zero-order valence-corrected chi connectivity index (χ0v) is 15.0. The lowest BCUT2D eigenvalue weighted by atomic mass is 10.1. The van der Waals surface area contributed by atoms with Crippen LogP contribution in [0.3, 0.4) is 0 Å². The van der Waals surface area contributed by atoms with E-state index in [1.807, 2.05) is 19.9 Å². The minimum Gasteiger partial charge on any atom is -0.371 e. The van der Waals surface area contributed by atoms with Crippen LogP contribution in [0.25, 0.3) is 0 Å². The Balaban J connectivity index is 1.85. The van der Waals surface area contributed by atoms with E-state index in [4.69, 9.17) is 9.26 Å². The van der Waals surface area contributed by atoms with Crippen LogP contribution in [0.4, 0.5) is 4.39 Å². The largest absolute Gasteiger partial charge is 0.371 e. The van der Waals surface area contributed by atoms with Crippen LogP contribution in [0.1, 0.15) is 42.8 Å². The van der Waals surface area contributed by atoms with E-state index in [2.05, 4.69) is 25.8 Å². The second-order valence-electron chi connectivity index (χ2n) is 5.51. The molecule has 1 aromatic carbocycles. The van der Waals surface area contributed by atoms with Crippen LogP contribution < -0.4 is 10.6 Å². The van der Waals surface area contributed by atoms with E-state index in [-0.39, 0.29) is 11.9 Å². The standard InChI is InChI=1S/C17H24FN5O2/c1-5-24-12(3)16-22-15(25-23-16)10-21-17(19-4)20-9-13-7-6-11(2)14(18)8-13/h6-8,12H,5,9-10H2,1-4H3,(H2,19,20,21). The summed E-state index contributed by atoms with van der Waals surface area (Å²) < 4.78 is 24.2. The van der Waals surface area contributed by atoms with E-state index in [1.54, 1.807) is 20.0 Å². The lowest BCUT2D eigenvalue weighted by molar-refractivity contribution is 0.0683. The van der Waals surface area contributed by atoms with Gasteiger partial charge in [-0.1, -0.05) is 17.3 Å². The molecular weight excluding hydrogens is 325 g/mol. The second-order valence-corrected chi connectivity index (χ2v) is 5.51. The zero-order valence-electron chi connectivity index (χ0n) is 15.0. The van der Waals surface area contributed by atoms with Crippen molar-refractivity contribution in [2.24, 2.45) is 4.99 Å². The molecular formula is C17H24FN5O2. The number of ether oxygens (including phenoxy) is 1. The molecule has 2 N–H and O–H groups in total. The molecule has 25 heavy (non-hydrogen) atoms. The Hall–Kier alpha value is -2.48. The third-order valence-electron chi connectivity index (χ3n) is 3.59. The molecule has 0 aliphatic carbocycles. The van der Waals surface area contributed by atoms with Gasteiger partial charge in [-0.3, -0.25) is 4.99 Å². The Morgan fingerprint density at radius 1 is 1.36 bits per heavy atom. The highest BCUT2D eigenvalue weighted by atomic mass is 19.1. The molecule has 0 aliphatic rings. The van der Waals surface area contributed by atoms with Gasteiger partial charge in [-0.15, -0.1) is 0 Å². The number of benzene rings is 1. The molecule has 0 fully saturated rings. The number of nitrogens with zero attached hydrogens (tertiary/aromatic N) is 3. The number of guanidine groups is 1.